The summed E-state index contributed by atoms with van der Waals surface area (Å²) in [5, 5.41) is 13.0. The monoisotopic (exact) mass is 600 g/mol. The van der Waals surface area contributed by atoms with Crippen LogP contribution in [0.2, 0.25) is 5.02 Å². The van der Waals surface area contributed by atoms with E-state index in [9.17, 15) is 23.5 Å². The van der Waals surface area contributed by atoms with Gasteiger partial charge in [0.1, 0.15) is 17.6 Å². The molecule has 2 N–H and O–H groups in total. The van der Waals surface area contributed by atoms with Crippen molar-refractivity contribution >= 4 is 23.4 Å². The standard InChI is InChI=1S/C30H31ClF2N4O5/c1-17(28(39)35-25(16-38)19-3-2-4-22(12-19)42-30(32)33)37-15-21-6-5-20(13-23(21)29(37)40)27-24(31)14-34-26(36-27)11-18-7-9-41-10-8-18/h2-6,12-14,17-18,25,30,38H,7-11,15-16H2,1H3,(H,35,39)/t17-,25-/m1/s1. The Balaban J connectivity index is 1.29. The lowest BCUT2D eigenvalue weighted by molar-refractivity contribution is -0.126. The van der Waals surface area contributed by atoms with Crippen LogP contribution in [0.15, 0.2) is 48.7 Å². The average molecular weight is 601 g/mol. The minimum Gasteiger partial charge on any atom is -0.435 e. The number of fused-ring (bicyclic) bond motifs is 1. The molecule has 0 aliphatic carbocycles. The zero-order chi connectivity index (χ0) is 29.8. The van der Waals surface area contributed by atoms with E-state index in [1.807, 2.05) is 12.1 Å². The summed E-state index contributed by atoms with van der Waals surface area (Å²) >= 11 is 6.47. The fourth-order valence-corrected chi connectivity index (χ4v) is 5.47. The molecule has 0 spiro atoms. The number of aliphatic hydroxyl groups is 1. The van der Waals surface area contributed by atoms with Crippen LogP contribution in [-0.2, 0) is 22.5 Å². The van der Waals surface area contributed by atoms with E-state index in [4.69, 9.17) is 21.3 Å². The molecule has 3 aromatic rings. The molecule has 2 atom stereocenters. The van der Waals surface area contributed by atoms with Crippen LogP contribution in [0.5, 0.6) is 5.75 Å². The van der Waals surface area contributed by atoms with Gasteiger partial charge in [-0.05, 0) is 55.0 Å². The SMILES string of the molecule is C[C@H](C(=O)N[C@H](CO)c1cccc(OC(F)F)c1)N1Cc2ccc(-c3nc(CC4CCOCC4)ncc3Cl)cc2C1=O. The Morgan fingerprint density at radius 2 is 2.02 bits per heavy atom. The summed E-state index contributed by atoms with van der Waals surface area (Å²) in [6.45, 7) is -0.212. The average Bonchev–Trinajstić information content (AvgIpc) is 3.32. The number of alkyl halides is 2. The second-order valence-corrected chi connectivity index (χ2v) is 10.8. The molecule has 1 aromatic heterocycles. The zero-order valence-corrected chi connectivity index (χ0v) is 23.7. The van der Waals surface area contributed by atoms with Gasteiger partial charge >= 0.3 is 6.61 Å². The fourth-order valence-electron chi connectivity index (χ4n) is 5.27. The molecule has 9 nitrogen and oxygen atoms in total. The number of rotatable bonds is 10. The number of nitrogens with one attached hydrogen (secondary N) is 1. The number of ether oxygens (including phenoxy) is 2. The van der Waals surface area contributed by atoms with E-state index >= 15 is 0 Å². The number of nitrogens with zero attached hydrogens (tertiary/aromatic N) is 3. The number of hydrogen-bond donors (Lipinski definition) is 2. The summed E-state index contributed by atoms with van der Waals surface area (Å²) in [7, 11) is 0. The summed E-state index contributed by atoms with van der Waals surface area (Å²) in [4.78, 5) is 37.2. The van der Waals surface area contributed by atoms with Crippen molar-refractivity contribution in [3.05, 3.63) is 76.2 Å². The smallest absolute Gasteiger partial charge is 0.387 e. The predicted octanol–water partition coefficient (Wildman–Crippen LogP) is 4.56. The van der Waals surface area contributed by atoms with Crippen molar-refractivity contribution in [2.24, 2.45) is 5.92 Å². The zero-order valence-electron chi connectivity index (χ0n) is 22.9. The van der Waals surface area contributed by atoms with Crippen molar-refractivity contribution in [3.8, 4) is 17.0 Å². The molecule has 12 heteroatoms. The number of amides is 2. The molecule has 2 aliphatic rings. The molecule has 0 bridgehead atoms. The Morgan fingerprint density at radius 1 is 1.24 bits per heavy atom. The normalized spacial score (nSPS) is 16.8. The second kappa shape index (κ2) is 13.1. The first kappa shape index (κ1) is 29.8. The molecule has 0 radical (unpaired) electrons. The highest BCUT2D eigenvalue weighted by molar-refractivity contribution is 6.32. The predicted molar refractivity (Wildman–Crippen MR) is 150 cm³/mol. The third-order valence-corrected chi connectivity index (χ3v) is 7.93. The Kier molecular flexibility index (Phi) is 9.30. The number of halogens is 3. The summed E-state index contributed by atoms with van der Waals surface area (Å²) < 4.78 is 35.1. The number of aromatic nitrogens is 2. The minimum atomic E-state index is -3.00. The van der Waals surface area contributed by atoms with Crippen molar-refractivity contribution in [3.63, 3.8) is 0 Å². The maximum absolute atomic E-state index is 13.4. The third kappa shape index (κ3) is 6.69. The fraction of sp³-hybridized carbons (Fsp3) is 0.400. The molecule has 1 saturated heterocycles. The summed E-state index contributed by atoms with van der Waals surface area (Å²) in [6.07, 6.45) is 4.21. The van der Waals surface area contributed by atoms with Gasteiger partial charge in [-0.25, -0.2) is 9.97 Å². The first-order chi connectivity index (χ1) is 20.2. The number of benzene rings is 2. The second-order valence-electron chi connectivity index (χ2n) is 10.4. The van der Waals surface area contributed by atoms with E-state index in [2.05, 4.69) is 15.0 Å². The number of carbonyl (C=O) groups excluding carboxylic acids is 2. The summed E-state index contributed by atoms with van der Waals surface area (Å²) in [5.74, 6) is 0.201. The quantitative estimate of drug-likeness (QED) is 0.351. The van der Waals surface area contributed by atoms with Gasteiger partial charge in [-0.2, -0.15) is 8.78 Å². The Morgan fingerprint density at radius 3 is 2.76 bits per heavy atom. The van der Waals surface area contributed by atoms with Gasteiger partial charge in [-0.15, -0.1) is 0 Å². The molecular formula is C30H31ClF2N4O5. The lowest BCUT2D eigenvalue weighted by Crippen LogP contribution is -2.46. The molecule has 3 heterocycles. The van der Waals surface area contributed by atoms with E-state index in [0.29, 0.717) is 39.1 Å². The van der Waals surface area contributed by atoms with Gasteiger partial charge in [-0.1, -0.05) is 35.9 Å². The van der Waals surface area contributed by atoms with Crippen molar-refractivity contribution in [2.45, 2.75) is 51.4 Å². The molecule has 2 aromatic carbocycles. The Bertz CT molecular complexity index is 1450. The maximum Gasteiger partial charge on any atom is 0.387 e. The Labute approximate surface area is 246 Å². The van der Waals surface area contributed by atoms with Gasteiger partial charge in [0.05, 0.1) is 23.4 Å². The summed E-state index contributed by atoms with van der Waals surface area (Å²) in [5.41, 5.74) is 2.80. The van der Waals surface area contributed by atoms with Gasteiger partial charge in [0, 0.05) is 43.5 Å². The van der Waals surface area contributed by atoms with E-state index < -0.39 is 31.2 Å². The van der Waals surface area contributed by atoms with E-state index in [1.165, 1.54) is 23.1 Å². The maximum atomic E-state index is 13.4. The van der Waals surface area contributed by atoms with Gasteiger partial charge in [0.25, 0.3) is 5.91 Å². The highest BCUT2D eigenvalue weighted by Crippen LogP contribution is 2.32. The molecule has 2 aliphatic heterocycles. The van der Waals surface area contributed by atoms with Crippen LogP contribution in [0.4, 0.5) is 8.78 Å². The topological polar surface area (TPSA) is 114 Å². The van der Waals surface area contributed by atoms with Crippen LogP contribution >= 0.6 is 11.6 Å². The molecule has 222 valence electrons. The van der Waals surface area contributed by atoms with Gasteiger partial charge in [0.2, 0.25) is 5.91 Å². The molecular weight excluding hydrogens is 570 g/mol. The van der Waals surface area contributed by atoms with E-state index in [1.54, 1.807) is 25.3 Å². The third-order valence-electron chi connectivity index (χ3n) is 7.65. The van der Waals surface area contributed by atoms with Crippen LogP contribution < -0.4 is 10.1 Å². The molecule has 2 amide bonds. The van der Waals surface area contributed by atoms with Gasteiger partial charge < -0.3 is 24.8 Å². The Hall–Kier alpha value is -3.67. The van der Waals surface area contributed by atoms with Crippen LogP contribution in [-0.4, -0.2) is 64.3 Å². The summed E-state index contributed by atoms with van der Waals surface area (Å²) in [6, 6.07) is 9.39. The van der Waals surface area contributed by atoms with Crippen LogP contribution in [0.1, 0.15) is 53.1 Å². The van der Waals surface area contributed by atoms with Crippen molar-refractivity contribution in [2.75, 3.05) is 19.8 Å². The highest BCUT2D eigenvalue weighted by Gasteiger charge is 2.35. The molecule has 1 fully saturated rings. The van der Waals surface area contributed by atoms with E-state index in [0.717, 1.165) is 38.0 Å². The minimum absolute atomic E-state index is 0.0938. The van der Waals surface area contributed by atoms with Crippen molar-refractivity contribution < 1.29 is 33.0 Å². The van der Waals surface area contributed by atoms with Crippen molar-refractivity contribution in [1.82, 2.24) is 20.2 Å². The lowest BCUT2D eigenvalue weighted by Gasteiger charge is -2.26. The highest BCUT2D eigenvalue weighted by atomic mass is 35.5. The molecule has 0 unspecified atom stereocenters. The van der Waals surface area contributed by atoms with Gasteiger partial charge in [-0.3, -0.25) is 9.59 Å². The largest absolute Gasteiger partial charge is 0.435 e. The van der Waals surface area contributed by atoms with Crippen LogP contribution in [0, 0.1) is 5.92 Å². The van der Waals surface area contributed by atoms with Crippen LogP contribution in [0.25, 0.3) is 11.3 Å². The van der Waals surface area contributed by atoms with Crippen molar-refractivity contribution in [1.29, 1.82) is 0 Å². The van der Waals surface area contributed by atoms with E-state index in [-0.39, 0.29) is 18.2 Å². The first-order valence-corrected chi connectivity index (χ1v) is 14.1. The van der Waals surface area contributed by atoms with Gasteiger partial charge in [0.15, 0.2) is 0 Å². The molecule has 5 rings (SSSR count). The number of aliphatic hydroxyl groups excluding tert-OH is 1. The number of hydrogen-bond acceptors (Lipinski definition) is 7. The number of carbonyl (C=O) groups is 2. The van der Waals surface area contributed by atoms with Crippen LogP contribution in [0.3, 0.4) is 0 Å². The molecule has 0 saturated carbocycles. The first-order valence-electron chi connectivity index (χ1n) is 13.7. The molecule has 42 heavy (non-hydrogen) atoms. The lowest BCUT2D eigenvalue weighted by atomic mass is 9.96.